The Kier molecular flexibility index (Phi) is 6.77. The summed E-state index contributed by atoms with van der Waals surface area (Å²) < 4.78 is 10.6. The zero-order chi connectivity index (χ0) is 25.1. The second kappa shape index (κ2) is 10.3. The fourth-order valence-corrected chi connectivity index (χ4v) is 4.67. The van der Waals surface area contributed by atoms with Gasteiger partial charge in [0.2, 0.25) is 6.79 Å². The molecule has 0 saturated carbocycles. The third kappa shape index (κ3) is 5.13. The van der Waals surface area contributed by atoms with Crippen molar-refractivity contribution in [2.75, 3.05) is 44.2 Å². The SMILES string of the molecule is CN(C)c1ccc([C@H](CNC(=O)C(=O)Nc2ccc3c(c2)OCO3)N2CCc3ccccc3C2)cc1. The zero-order valence-electron chi connectivity index (χ0n) is 20.5. The molecule has 3 aromatic carbocycles. The Morgan fingerprint density at radius 2 is 1.69 bits per heavy atom. The third-order valence-corrected chi connectivity index (χ3v) is 6.69. The lowest BCUT2D eigenvalue weighted by Gasteiger charge is -2.36. The molecule has 1 atom stereocenters. The second-order valence-electron chi connectivity index (χ2n) is 9.22. The van der Waals surface area contributed by atoms with Gasteiger partial charge in [0, 0.05) is 51.2 Å². The van der Waals surface area contributed by atoms with E-state index in [1.165, 1.54) is 11.1 Å². The molecule has 0 bridgehead atoms. The molecule has 0 saturated heterocycles. The number of amides is 2. The van der Waals surface area contributed by atoms with Crippen LogP contribution in [-0.2, 0) is 22.6 Å². The van der Waals surface area contributed by atoms with E-state index in [0.29, 0.717) is 23.7 Å². The predicted octanol–water partition coefficient (Wildman–Crippen LogP) is 3.34. The summed E-state index contributed by atoms with van der Waals surface area (Å²) in [5, 5.41) is 5.49. The van der Waals surface area contributed by atoms with Gasteiger partial charge in [-0.1, -0.05) is 36.4 Å². The number of carbonyl (C=O) groups is 2. The fourth-order valence-electron chi connectivity index (χ4n) is 4.67. The molecule has 8 heteroatoms. The molecule has 0 aromatic heterocycles. The van der Waals surface area contributed by atoms with E-state index in [2.05, 4.69) is 69.0 Å². The number of hydrogen-bond acceptors (Lipinski definition) is 6. The van der Waals surface area contributed by atoms with E-state index in [1.807, 2.05) is 14.1 Å². The lowest BCUT2D eigenvalue weighted by Crippen LogP contribution is -2.43. The van der Waals surface area contributed by atoms with E-state index >= 15 is 0 Å². The lowest BCUT2D eigenvalue weighted by molar-refractivity contribution is -0.136. The first-order valence-corrected chi connectivity index (χ1v) is 12.0. The van der Waals surface area contributed by atoms with Crippen LogP contribution in [0.4, 0.5) is 11.4 Å². The second-order valence-corrected chi connectivity index (χ2v) is 9.22. The minimum atomic E-state index is -0.723. The molecule has 186 valence electrons. The Hall–Kier alpha value is -4.04. The number of nitrogens with zero attached hydrogens (tertiary/aromatic N) is 2. The predicted molar refractivity (Wildman–Crippen MR) is 138 cm³/mol. The van der Waals surface area contributed by atoms with Crippen molar-refractivity contribution in [2.45, 2.75) is 19.0 Å². The van der Waals surface area contributed by atoms with Crippen LogP contribution in [0.1, 0.15) is 22.7 Å². The molecule has 0 unspecified atom stereocenters. The molecule has 2 aliphatic heterocycles. The summed E-state index contributed by atoms with van der Waals surface area (Å²) in [4.78, 5) is 29.8. The summed E-state index contributed by atoms with van der Waals surface area (Å²) in [6, 6.07) is 21.8. The highest BCUT2D eigenvalue weighted by Crippen LogP contribution is 2.34. The van der Waals surface area contributed by atoms with Gasteiger partial charge in [-0.2, -0.15) is 0 Å². The molecule has 0 spiro atoms. The zero-order valence-corrected chi connectivity index (χ0v) is 20.5. The monoisotopic (exact) mass is 486 g/mol. The van der Waals surface area contributed by atoms with Gasteiger partial charge in [0.15, 0.2) is 11.5 Å². The van der Waals surface area contributed by atoms with Gasteiger partial charge in [0.25, 0.3) is 0 Å². The van der Waals surface area contributed by atoms with Crippen molar-refractivity contribution in [1.82, 2.24) is 10.2 Å². The molecule has 8 nitrogen and oxygen atoms in total. The number of fused-ring (bicyclic) bond motifs is 2. The minimum absolute atomic E-state index is 0.0724. The first kappa shape index (κ1) is 23.7. The van der Waals surface area contributed by atoms with Crippen LogP contribution in [0.3, 0.4) is 0 Å². The molecule has 2 aliphatic rings. The molecule has 2 amide bonds. The third-order valence-electron chi connectivity index (χ3n) is 6.69. The van der Waals surface area contributed by atoms with Crippen molar-refractivity contribution >= 4 is 23.2 Å². The van der Waals surface area contributed by atoms with Crippen LogP contribution in [0.5, 0.6) is 11.5 Å². The van der Waals surface area contributed by atoms with E-state index in [-0.39, 0.29) is 12.8 Å². The number of hydrogen-bond donors (Lipinski definition) is 2. The normalized spacial score (nSPS) is 15.1. The van der Waals surface area contributed by atoms with Crippen LogP contribution in [0, 0.1) is 0 Å². The Morgan fingerprint density at radius 1 is 0.944 bits per heavy atom. The number of ether oxygens (including phenoxy) is 2. The number of carbonyl (C=O) groups excluding carboxylic acids is 2. The number of benzene rings is 3. The smallest absolute Gasteiger partial charge is 0.313 e. The van der Waals surface area contributed by atoms with Gasteiger partial charge < -0.3 is 25.0 Å². The molecule has 2 N–H and O–H groups in total. The van der Waals surface area contributed by atoms with Crippen molar-refractivity contribution < 1.29 is 19.1 Å². The van der Waals surface area contributed by atoms with E-state index in [1.54, 1.807) is 18.2 Å². The van der Waals surface area contributed by atoms with Gasteiger partial charge in [0.1, 0.15) is 0 Å². The molecule has 5 rings (SSSR count). The maximum atomic E-state index is 12.7. The summed E-state index contributed by atoms with van der Waals surface area (Å²) in [6.45, 7) is 2.12. The molecule has 36 heavy (non-hydrogen) atoms. The standard InChI is InChI=1S/C28H30N4O4/c1-31(2)23-10-7-20(8-11-23)24(32-14-13-19-5-3-4-6-21(19)17-32)16-29-27(33)28(34)30-22-9-12-25-26(15-22)36-18-35-25/h3-12,15,24H,13-14,16-18H2,1-2H3,(H,29,33)(H,30,34)/t24-/m0/s1. The minimum Gasteiger partial charge on any atom is -0.454 e. The number of nitrogens with one attached hydrogen (secondary N) is 2. The maximum absolute atomic E-state index is 12.7. The maximum Gasteiger partial charge on any atom is 0.313 e. The highest BCUT2D eigenvalue weighted by Gasteiger charge is 2.26. The Morgan fingerprint density at radius 3 is 2.47 bits per heavy atom. The van der Waals surface area contributed by atoms with Crippen molar-refractivity contribution in [2.24, 2.45) is 0 Å². The van der Waals surface area contributed by atoms with E-state index in [0.717, 1.165) is 30.8 Å². The summed E-state index contributed by atoms with van der Waals surface area (Å²) in [6.07, 6.45) is 0.945. The van der Waals surface area contributed by atoms with E-state index in [9.17, 15) is 9.59 Å². The molecule has 0 radical (unpaired) electrons. The molecule has 3 aromatic rings. The molecular weight excluding hydrogens is 456 g/mol. The van der Waals surface area contributed by atoms with Gasteiger partial charge in [0.05, 0.1) is 6.04 Å². The van der Waals surface area contributed by atoms with Crippen LogP contribution in [0.2, 0.25) is 0 Å². The van der Waals surface area contributed by atoms with Gasteiger partial charge in [-0.25, -0.2) is 0 Å². The quantitative estimate of drug-likeness (QED) is 0.520. The highest BCUT2D eigenvalue weighted by molar-refractivity contribution is 6.39. The largest absolute Gasteiger partial charge is 0.454 e. The summed E-state index contributed by atoms with van der Waals surface area (Å²) in [5.74, 6) is -0.247. The lowest BCUT2D eigenvalue weighted by atomic mass is 9.96. The summed E-state index contributed by atoms with van der Waals surface area (Å²) >= 11 is 0. The number of rotatable bonds is 6. The Balaban J connectivity index is 1.29. The average molecular weight is 487 g/mol. The summed E-state index contributed by atoms with van der Waals surface area (Å²) in [5.41, 5.74) is 5.33. The van der Waals surface area contributed by atoms with Crippen molar-refractivity contribution in [3.8, 4) is 11.5 Å². The van der Waals surface area contributed by atoms with E-state index in [4.69, 9.17) is 9.47 Å². The highest BCUT2D eigenvalue weighted by atomic mass is 16.7. The van der Waals surface area contributed by atoms with Crippen LogP contribution >= 0.6 is 0 Å². The first-order valence-electron chi connectivity index (χ1n) is 12.0. The van der Waals surface area contributed by atoms with Crippen molar-refractivity contribution in [1.29, 1.82) is 0 Å². The van der Waals surface area contributed by atoms with Gasteiger partial charge in [-0.3, -0.25) is 14.5 Å². The Bertz CT molecular complexity index is 1260. The molecule has 0 aliphatic carbocycles. The van der Waals surface area contributed by atoms with Crippen molar-refractivity contribution in [3.63, 3.8) is 0 Å². The number of anilines is 2. The molecule has 2 heterocycles. The van der Waals surface area contributed by atoms with Crippen LogP contribution < -0.4 is 25.0 Å². The topological polar surface area (TPSA) is 83.1 Å². The van der Waals surface area contributed by atoms with Gasteiger partial charge >= 0.3 is 11.8 Å². The Labute approximate surface area is 210 Å². The van der Waals surface area contributed by atoms with Gasteiger partial charge in [-0.05, 0) is 47.4 Å². The van der Waals surface area contributed by atoms with E-state index < -0.39 is 11.8 Å². The van der Waals surface area contributed by atoms with Crippen LogP contribution in [-0.4, -0.2) is 50.7 Å². The van der Waals surface area contributed by atoms with Crippen LogP contribution in [0.25, 0.3) is 0 Å². The molecule has 0 fully saturated rings. The average Bonchev–Trinajstić information content (AvgIpc) is 3.37. The summed E-state index contributed by atoms with van der Waals surface area (Å²) in [7, 11) is 4.01. The molecular formula is C28H30N4O4. The van der Waals surface area contributed by atoms with Crippen molar-refractivity contribution in [3.05, 3.63) is 83.4 Å². The van der Waals surface area contributed by atoms with Gasteiger partial charge in [-0.15, -0.1) is 0 Å². The van der Waals surface area contributed by atoms with Crippen LogP contribution in [0.15, 0.2) is 66.7 Å². The fraction of sp³-hybridized carbons (Fsp3) is 0.286. The first-order chi connectivity index (χ1) is 17.5.